The van der Waals surface area contributed by atoms with Gasteiger partial charge in [-0.25, -0.2) is 15.0 Å². The third-order valence-corrected chi connectivity index (χ3v) is 3.93. The van der Waals surface area contributed by atoms with E-state index in [2.05, 4.69) is 31.8 Å². The lowest BCUT2D eigenvalue weighted by Crippen LogP contribution is -2.25. The van der Waals surface area contributed by atoms with Gasteiger partial charge in [0.1, 0.15) is 11.5 Å². The lowest BCUT2D eigenvalue weighted by atomic mass is 10.3. The molecule has 0 bridgehead atoms. The molecule has 0 aliphatic carbocycles. The fourth-order valence-corrected chi connectivity index (χ4v) is 2.80. The second-order valence-electron chi connectivity index (χ2n) is 5.40. The van der Waals surface area contributed by atoms with Crippen LogP contribution in [0.4, 0.5) is 0 Å². The molecule has 0 unspecified atom stereocenters. The Kier molecular flexibility index (Phi) is 3.45. The van der Waals surface area contributed by atoms with Crippen LogP contribution in [-0.4, -0.2) is 29.8 Å². The molecule has 4 aromatic rings. The first-order valence-electron chi connectivity index (χ1n) is 7.78. The van der Waals surface area contributed by atoms with E-state index in [9.17, 15) is 4.79 Å². The van der Waals surface area contributed by atoms with Crippen LogP contribution in [0.2, 0.25) is 0 Å². The SMILES string of the molecule is CCn1c(CNC(=O)c2cn3cccnc3n2)nc2ccccc21. The van der Waals surface area contributed by atoms with Gasteiger partial charge in [0.15, 0.2) is 0 Å². The van der Waals surface area contributed by atoms with Gasteiger partial charge in [-0.2, -0.15) is 0 Å². The van der Waals surface area contributed by atoms with Gasteiger partial charge in [-0.15, -0.1) is 0 Å². The second kappa shape index (κ2) is 5.77. The van der Waals surface area contributed by atoms with Crippen LogP contribution < -0.4 is 5.32 Å². The second-order valence-corrected chi connectivity index (χ2v) is 5.40. The summed E-state index contributed by atoms with van der Waals surface area (Å²) in [5.41, 5.74) is 2.34. The summed E-state index contributed by atoms with van der Waals surface area (Å²) in [7, 11) is 0. The number of aryl methyl sites for hydroxylation is 1. The van der Waals surface area contributed by atoms with Crippen molar-refractivity contribution < 1.29 is 4.79 Å². The van der Waals surface area contributed by atoms with Crippen LogP contribution in [0, 0.1) is 0 Å². The summed E-state index contributed by atoms with van der Waals surface area (Å²) in [6, 6.07) is 9.75. The maximum atomic E-state index is 12.4. The average molecular weight is 320 g/mol. The standard InChI is InChI=1S/C17H16N6O/c1-2-23-14-7-4-3-6-12(14)20-15(23)10-19-16(24)13-11-22-9-5-8-18-17(22)21-13/h3-9,11H,2,10H2,1H3,(H,19,24). The van der Waals surface area contributed by atoms with E-state index in [1.807, 2.05) is 30.5 Å². The fraction of sp³-hybridized carbons (Fsp3) is 0.176. The van der Waals surface area contributed by atoms with Gasteiger partial charge in [-0.05, 0) is 25.1 Å². The first-order valence-corrected chi connectivity index (χ1v) is 7.78. The van der Waals surface area contributed by atoms with Gasteiger partial charge in [0.25, 0.3) is 5.91 Å². The van der Waals surface area contributed by atoms with E-state index in [1.54, 1.807) is 22.9 Å². The summed E-state index contributed by atoms with van der Waals surface area (Å²) < 4.78 is 3.82. The number of carbonyl (C=O) groups is 1. The van der Waals surface area contributed by atoms with Crippen molar-refractivity contribution in [3.8, 4) is 0 Å². The summed E-state index contributed by atoms with van der Waals surface area (Å²) >= 11 is 0. The molecule has 1 aromatic carbocycles. The number of carbonyl (C=O) groups excluding carboxylic acids is 1. The van der Waals surface area contributed by atoms with Crippen LogP contribution in [0.3, 0.4) is 0 Å². The van der Waals surface area contributed by atoms with Gasteiger partial charge < -0.3 is 9.88 Å². The smallest absolute Gasteiger partial charge is 0.271 e. The minimum atomic E-state index is -0.241. The predicted octanol–water partition coefficient (Wildman–Crippen LogP) is 2.03. The number of fused-ring (bicyclic) bond motifs is 2. The first kappa shape index (κ1) is 14.4. The van der Waals surface area contributed by atoms with Gasteiger partial charge in [-0.1, -0.05) is 12.1 Å². The molecular weight excluding hydrogens is 304 g/mol. The molecule has 0 saturated carbocycles. The van der Waals surface area contributed by atoms with Gasteiger partial charge in [-0.3, -0.25) is 9.20 Å². The zero-order chi connectivity index (χ0) is 16.5. The Morgan fingerprint density at radius 3 is 2.92 bits per heavy atom. The molecule has 24 heavy (non-hydrogen) atoms. The van der Waals surface area contributed by atoms with E-state index in [4.69, 9.17) is 0 Å². The molecule has 0 fully saturated rings. The highest BCUT2D eigenvalue weighted by Crippen LogP contribution is 2.15. The first-order chi connectivity index (χ1) is 11.8. The van der Waals surface area contributed by atoms with Crippen LogP contribution in [0.5, 0.6) is 0 Å². The molecule has 4 rings (SSSR count). The van der Waals surface area contributed by atoms with Gasteiger partial charge in [0.2, 0.25) is 5.78 Å². The number of nitrogens with zero attached hydrogens (tertiary/aromatic N) is 5. The maximum Gasteiger partial charge on any atom is 0.271 e. The van der Waals surface area contributed by atoms with Crippen LogP contribution in [0.15, 0.2) is 48.9 Å². The molecule has 1 amide bonds. The number of rotatable bonds is 4. The van der Waals surface area contributed by atoms with Crippen molar-refractivity contribution in [2.45, 2.75) is 20.0 Å². The molecule has 120 valence electrons. The topological polar surface area (TPSA) is 77.1 Å². The summed E-state index contributed by atoms with van der Waals surface area (Å²) in [5.74, 6) is 1.09. The number of hydrogen-bond donors (Lipinski definition) is 1. The normalized spacial score (nSPS) is 11.2. The average Bonchev–Trinajstić information content (AvgIpc) is 3.20. The van der Waals surface area contributed by atoms with Gasteiger partial charge in [0, 0.05) is 25.1 Å². The van der Waals surface area contributed by atoms with Crippen molar-refractivity contribution >= 4 is 22.7 Å². The Morgan fingerprint density at radius 1 is 1.21 bits per heavy atom. The predicted molar refractivity (Wildman–Crippen MR) is 89.6 cm³/mol. The highest BCUT2D eigenvalue weighted by atomic mass is 16.1. The molecule has 7 nitrogen and oxygen atoms in total. The Morgan fingerprint density at radius 2 is 2.08 bits per heavy atom. The molecular formula is C17H16N6O. The van der Waals surface area contributed by atoms with Crippen molar-refractivity contribution in [2.24, 2.45) is 0 Å². The summed E-state index contributed by atoms with van der Waals surface area (Å²) in [6.45, 7) is 3.21. The number of aromatic nitrogens is 5. The van der Waals surface area contributed by atoms with E-state index < -0.39 is 0 Å². The molecule has 0 atom stereocenters. The number of amides is 1. The van der Waals surface area contributed by atoms with Crippen LogP contribution in [0.25, 0.3) is 16.8 Å². The zero-order valence-corrected chi connectivity index (χ0v) is 13.2. The zero-order valence-electron chi connectivity index (χ0n) is 13.2. The minimum Gasteiger partial charge on any atom is -0.343 e. The number of benzene rings is 1. The number of para-hydroxylation sites is 2. The third kappa shape index (κ3) is 2.40. The van der Waals surface area contributed by atoms with E-state index in [-0.39, 0.29) is 5.91 Å². The Bertz CT molecular complexity index is 999. The molecule has 0 saturated heterocycles. The van der Waals surface area contributed by atoms with Crippen molar-refractivity contribution in [3.05, 3.63) is 60.4 Å². The number of imidazole rings is 2. The number of hydrogen-bond acceptors (Lipinski definition) is 4. The van der Waals surface area contributed by atoms with E-state index in [0.717, 1.165) is 23.4 Å². The monoisotopic (exact) mass is 320 g/mol. The van der Waals surface area contributed by atoms with Crippen LogP contribution in [0.1, 0.15) is 23.2 Å². The van der Waals surface area contributed by atoms with Gasteiger partial charge >= 0.3 is 0 Å². The lowest BCUT2D eigenvalue weighted by molar-refractivity contribution is 0.0945. The Hall–Kier alpha value is -3.22. The molecule has 3 heterocycles. The van der Waals surface area contributed by atoms with Crippen molar-refractivity contribution in [2.75, 3.05) is 0 Å². The van der Waals surface area contributed by atoms with E-state index >= 15 is 0 Å². The molecule has 1 N–H and O–H groups in total. The highest BCUT2D eigenvalue weighted by molar-refractivity contribution is 5.92. The molecule has 3 aromatic heterocycles. The summed E-state index contributed by atoms with van der Waals surface area (Å²) in [4.78, 5) is 25.3. The fourth-order valence-electron chi connectivity index (χ4n) is 2.80. The number of nitrogens with one attached hydrogen (secondary N) is 1. The maximum absolute atomic E-state index is 12.4. The van der Waals surface area contributed by atoms with Crippen LogP contribution >= 0.6 is 0 Å². The summed E-state index contributed by atoms with van der Waals surface area (Å²) in [6.07, 6.45) is 5.12. The molecule has 0 radical (unpaired) electrons. The summed E-state index contributed by atoms with van der Waals surface area (Å²) in [5, 5.41) is 2.89. The van der Waals surface area contributed by atoms with E-state index in [0.29, 0.717) is 18.0 Å². The minimum absolute atomic E-state index is 0.241. The largest absolute Gasteiger partial charge is 0.343 e. The third-order valence-electron chi connectivity index (χ3n) is 3.93. The molecule has 7 heteroatoms. The molecule has 0 aliphatic rings. The molecule has 0 spiro atoms. The highest BCUT2D eigenvalue weighted by Gasteiger charge is 2.13. The van der Waals surface area contributed by atoms with E-state index in [1.165, 1.54) is 0 Å². The molecule has 0 aliphatic heterocycles. The Labute approximate surface area is 138 Å². The van der Waals surface area contributed by atoms with Crippen LogP contribution in [-0.2, 0) is 13.1 Å². The van der Waals surface area contributed by atoms with Gasteiger partial charge in [0.05, 0.1) is 17.6 Å². The van der Waals surface area contributed by atoms with Crippen molar-refractivity contribution in [1.82, 2.24) is 29.2 Å². The van der Waals surface area contributed by atoms with Crippen molar-refractivity contribution in [1.29, 1.82) is 0 Å². The lowest BCUT2D eigenvalue weighted by Gasteiger charge is -2.06. The quantitative estimate of drug-likeness (QED) is 0.624. The Balaban J connectivity index is 1.57. The van der Waals surface area contributed by atoms with Crippen molar-refractivity contribution in [3.63, 3.8) is 0 Å².